The number of thiophene rings is 1. The van der Waals surface area contributed by atoms with Gasteiger partial charge in [-0.1, -0.05) is 0 Å². The van der Waals surface area contributed by atoms with Crippen molar-refractivity contribution >= 4 is 21.2 Å². The van der Waals surface area contributed by atoms with Gasteiger partial charge in [-0.3, -0.25) is 0 Å². The molecule has 0 aliphatic heterocycles. The fourth-order valence-corrected chi connectivity index (χ4v) is 2.57. The Bertz CT molecular complexity index is 474. The molecular formula is C12H21NO2S2. The standard InChI is InChI=1S/C12H21NO2S2/c1-9-6-7-11(16-9)10(2)13-8-12(3,4)17(5,14)15/h6-7,10,13H,8H2,1-5H3. The van der Waals surface area contributed by atoms with Crippen LogP contribution in [0.15, 0.2) is 12.1 Å². The van der Waals surface area contributed by atoms with Crippen molar-refractivity contribution in [3.05, 3.63) is 21.9 Å². The molecule has 1 rings (SSSR count). The van der Waals surface area contributed by atoms with Crippen LogP contribution in [-0.2, 0) is 9.84 Å². The van der Waals surface area contributed by atoms with E-state index in [9.17, 15) is 8.42 Å². The largest absolute Gasteiger partial charge is 0.308 e. The van der Waals surface area contributed by atoms with Gasteiger partial charge in [-0.05, 0) is 39.8 Å². The van der Waals surface area contributed by atoms with Gasteiger partial charge in [-0.15, -0.1) is 11.3 Å². The van der Waals surface area contributed by atoms with E-state index in [0.29, 0.717) is 6.54 Å². The zero-order valence-electron chi connectivity index (χ0n) is 11.1. The summed E-state index contributed by atoms with van der Waals surface area (Å²) in [6.45, 7) is 8.10. The molecule has 1 aromatic rings. The topological polar surface area (TPSA) is 46.2 Å². The van der Waals surface area contributed by atoms with E-state index >= 15 is 0 Å². The van der Waals surface area contributed by atoms with E-state index in [1.807, 2.05) is 0 Å². The maximum atomic E-state index is 11.6. The molecule has 17 heavy (non-hydrogen) atoms. The minimum Gasteiger partial charge on any atom is -0.308 e. The van der Waals surface area contributed by atoms with Gasteiger partial charge in [0.05, 0.1) is 4.75 Å². The lowest BCUT2D eigenvalue weighted by Gasteiger charge is -2.25. The first kappa shape index (κ1) is 14.7. The molecule has 0 radical (unpaired) electrons. The summed E-state index contributed by atoms with van der Waals surface area (Å²) >= 11 is 1.74. The van der Waals surface area contributed by atoms with Crippen molar-refractivity contribution in [1.29, 1.82) is 0 Å². The molecule has 3 nitrogen and oxygen atoms in total. The van der Waals surface area contributed by atoms with Crippen molar-refractivity contribution in [1.82, 2.24) is 5.32 Å². The van der Waals surface area contributed by atoms with Gasteiger partial charge in [-0.25, -0.2) is 8.42 Å². The van der Waals surface area contributed by atoms with E-state index in [-0.39, 0.29) is 6.04 Å². The van der Waals surface area contributed by atoms with E-state index in [2.05, 4.69) is 31.3 Å². The maximum Gasteiger partial charge on any atom is 0.153 e. The molecule has 0 aliphatic carbocycles. The van der Waals surface area contributed by atoms with E-state index in [1.165, 1.54) is 16.0 Å². The lowest BCUT2D eigenvalue weighted by atomic mass is 10.2. The van der Waals surface area contributed by atoms with Gasteiger partial charge in [0.2, 0.25) is 0 Å². The molecule has 0 saturated heterocycles. The van der Waals surface area contributed by atoms with Crippen LogP contribution in [0.25, 0.3) is 0 Å². The van der Waals surface area contributed by atoms with Gasteiger partial charge in [0.15, 0.2) is 9.84 Å². The monoisotopic (exact) mass is 275 g/mol. The van der Waals surface area contributed by atoms with Crippen LogP contribution >= 0.6 is 11.3 Å². The molecule has 0 bridgehead atoms. The van der Waals surface area contributed by atoms with Gasteiger partial charge in [0.1, 0.15) is 0 Å². The number of rotatable bonds is 5. The highest BCUT2D eigenvalue weighted by Crippen LogP contribution is 2.23. The number of sulfone groups is 1. The molecular weight excluding hydrogens is 254 g/mol. The normalized spacial score (nSPS) is 14.9. The van der Waals surface area contributed by atoms with Gasteiger partial charge in [-0.2, -0.15) is 0 Å². The van der Waals surface area contributed by atoms with E-state index < -0.39 is 14.6 Å². The van der Waals surface area contributed by atoms with E-state index in [0.717, 1.165) is 0 Å². The molecule has 98 valence electrons. The number of hydrogen-bond donors (Lipinski definition) is 1. The lowest BCUT2D eigenvalue weighted by molar-refractivity contribution is 0.492. The molecule has 1 atom stereocenters. The Kier molecular flexibility index (Phi) is 4.38. The molecule has 0 aliphatic rings. The SMILES string of the molecule is Cc1ccc(C(C)NCC(C)(C)S(C)(=O)=O)s1. The first-order valence-electron chi connectivity index (χ1n) is 5.63. The van der Waals surface area contributed by atoms with Crippen molar-refractivity contribution in [2.24, 2.45) is 0 Å². The van der Waals surface area contributed by atoms with Crippen LogP contribution in [-0.4, -0.2) is 26.0 Å². The van der Waals surface area contributed by atoms with E-state index in [1.54, 1.807) is 25.2 Å². The summed E-state index contributed by atoms with van der Waals surface area (Å²) < 4.78 is 22.4. The molecule has 0 spiro atoms. The van der Waals surface area contributed by atoms with Crippen LogP contribution in [0.5, 0.6) is 0 Å². The fraction of sp³-hybridized carbons (Fsp3) is 0.667. The molecule has 0 fully saturated rings. The smallest absolute Gasteiger partial charge is 0.153 e. The zero-order valence-corrected chi connectivity index (χ0v) is 12.7. The van der Waals surface area contributed by atoms with Crippen molar-refractivity contribution in [2.45, 2.75) is 38.5 Å². The predicted octanol–water partition coefficient (Wildman–Crippen LogP) is 2.53. The third-order valence-corrected chi connectivity index (χ3v) is 6.36. The van der Waals surface area contributed by atoms with Crippen LogP contribution in [0, 0.1) is 6.92 Å². The minimum atomic E-state index is -3.03. The summed E-state index contributed by atoms with van der Waals surface area (Å²) in [6, 6.07) is 4.36. The zero-order chi connectivity index (χ0) is 13.3. The van der Waals surface area contributed by atoms with Gasteiger partial charge in [0, 0.05) is 28.6 Å². The summed E-state index contributed by atoms with van der Waals surface area (Å²) in [5.74, 6) is 0. The number of aryl methyl sites for hydroxylation is 1. The number of nitrogens with one attached hydrogen (secondary N) is 1. The highest BCUT2D eigenvalue weighted by molar-refractivity contribution is 7.92. The van der Waals surface area contributed by atoms with Gasteiger partial charge < -0.3 is 5.32 Å². The van der Waals surface area contributed by atoms with Crippen LogP contribution in [0.1, 0.15) is 36.6 Å². The average Bonchev–Trinajstić information content (AvgIpc) is 2.59. The Morgan fingerprint density at radius 2 is 2.00 bits per heavy atom. The second-order valence-corrected chi connectivity index (χ2v) is 9.05. The first-order chi connectivity index (χ1) is 7.63. The highest BCUT2D eigenvalue weighted by atomic mass is 32.2. The summed E-state index contributed by atoms with van der Waals surface area (Å²) in [5.41, 5.74) is 0. The molecule has 1 heterocycles. The summed E-state index contributed by atoms with van der Waals surface area (Å²) in [7, 11) is -3.03. The molecule has 1 unspecified atom stereocenters. The molecule has 1 aromatic heterocycles. The number of hydrogen-bond acceptors (Lipinski definition) is 4. The Labute approximate surface area is 108 Å². The average molecular weight is 275 g/mol. The molecule has 1 N–H and O–H groups in total. The molecule has 0 aromatic carbocycles. The van der Waals surface area contributed by atoms with Gasteiger partial charge >= 0.3 is 0 Å². The van der Waals surface area contributed by atoms with Crippen LogP contribution in [0.4, 0.5) is 0 Å². The predicted molar refractivity (Wildman–Crippen MR) is 74.4 cm³/mol. The summed E-state index contributed by atoms with van der Waals surface area (Å²) in [5, 5.41) is 3.29. The highest BCUT2D eigenvalue weighted by Gasteiger charge is 2.30. The first-order valence-corrected chi connectivity index (χ1v) is 8.33. The molecule has 0 amide bonds. The Balaban J connectivity index is 2.63. The second-order valence-electron chi connectivity index (χ2n) is 5.08. The Morgan fingerprint density at radius 1 is 1.41 bits per heavy atom. The fourth-order valence-electron chi connectivity index (χ4n) is 1.32. The maximum absolute atomic E-state index is 11.6. The van der Waals surface area contributed by atoms with Crippen molar-refractivity contribution < 1.29 is 8.42 Å². The van der Waals surface area contributed by atoms with Crippen LogP contribution in [0.3, 0.4) is 0 Å². The third-order valence-electron chi connectivity index (χ3n) is 3.03. The van der Waals surface area contributed by atoms with Crippen molar-refractivity contribution in [2.75, 3.05) is 12.8 Å². The van der Waals surface area contributed by atoms with Crippen molar-refractivity contribution in [3.63, 3.8) is 0 Å². The minimum absolute atomic E-state index is 0.190. The Morgan fingerprint density at radius 3 is 2.41 bits per heavy atom. The summed E-state index contributed by atoms with van der Waals surface area (Å²) in [6.07, 6.45) is 1.29. The Hall–Kier alpha value is -0.390. The summed E-state index contributed by atoms with van der Waals surface area (Å²) in [4.78, 5) is 2.52. The van der Waals surface area contributed by atoms with Crippen LogP contribution < -0.4 is 5.32 Å². The quantitative estimate of drug-likeness (QED) is 0.898. The second kappa shape index (κ2) is 5.08. The lowest BCUT2D eigenvalue weighted by Crippen LogP contribution is -2.42. The molecule has 5 heteroatoms. The third kappa shape index (κ3) is 3.79. The van der Waals surface area contributed by atoms with Crippen molar-refractivity contribution in [3.8, 4) is 0 Å². The van der Waals surface area contributed by atoms with Gasteiger partial charge in [0.25, 0.3) is 0 Å². The van der Waals surface area contributed by atoms with Crippen LogP contribution in [0.2, 0.25) is 0 Å². The molecule has 0 saturated carbocycles. The van der Waals surface area contributed by atoms with E-state index in [4.69, 9.17) is 0 Å².